The second-order valence-corrected chi connectivity index (χ2v) is 9.26. The summed E-state index contributed by atoms with van der Waals surface area (Å²) in [6, 6.07) is 13.9. The zero-order chi connectivity index (χ0) is 24.6. The van der Waals surface area contributed by atoms with Crippen LogP contribution in [0, 0.1) is 6.92 Å². The van der Waals surface area contributed by atoms with Gasteiger partial charge in [-0.1, -0.05) is 29.8 Å². The summed E-state index contributed by atoms with van der Waals surface area (Å²) in [6.45, 7) is 3.64. The second-order valence-electron chi connectivity index (χ2n) is 7.84. The van der Waals surface area contributed by atoms with Gasteiger partial charge in [-0.2, -0.15) is 8.42 Å². The van der Waals surface area contributed by atoms with E-state index in [4.69, 9.17) is 14.0 Å². The fraction of sp³-hybridized carbons (Fsp3) is 0.375. The van der Waals surface area contributed by atoms with Gasteiger partial charge in [-0.25, -0.2) is 4.79 Å². The molecule has 3 aromatic rings. The third-order valence-electron chi connectivity index (χ3n) is 5.06. The zero-order valence-electron chi connectivity index (χ0n) is 19.7. The summed E-state index contributed by atoms with van der Waals surface area (Å²) in [4.78, 5) is 14.3. The van der Waals surface area contributed by atoms with Crippen molar-refractivity contribution in [3.8, 4) is 5.75 Å². The van der Waals surface area contributed by atoms with E-state index in [-0.39, 0.29) is 10.9 Å². The first-order valence-corrected chi connectivity index (χ1v) is 12.0. The molecule has 0 aliphatic rings. The zero-order valence-corrected chi connectivity index (χ0v) is 20.6. The van der Waals surface area contributed by atoms with Crippen molar-refractivity contribution in [1.29, 1.82) is 0 Å². The van der Waals surface area contributed by atoms with Crippen LogP contribution in [0.25, 0.3) is 10.9 Å². The Labute approximate surface area is 195 Å². The summed E-state index contributed by atoms with van der Waals surface area (Å²) in [5.74, 6) is 0.232. The van der Waals surface area contributed by atoms with Crippen LogP contribution in [0.1, 0.15) is 28.9 Å². The molecule has 0 atom stereocenters. The molecule has 0 unspecified atom stereocenters. The molecule has 9 heteroatoms. The van der Waals surface area contributed by atoms with Crippen LogP contribution in [-0.2, 0) is 21.4 Å². The molecule has 2 aromatic carbocycles. The van der Waals surface area contributed by atoms with Crippen molar-refractivity contribution in [2.75, 3.05) is 34.9 Å². The third kappa shape index (κ3) is 7.05. The molecule has 1 aromatic heterocycles. The molecular weight excluding hydrogens is 444 g/mol. The number of aryl methyl sites for hydroxylation is 2. The molecule has 0 radical (unpaired) electrons. The summed E-state index contributed by atoms with van der Waals surface area (Å²) >= 11 is 0. The van der Waals surface area contributed by atoms with Crippen LogP contribution in [0.3, 0.4) is 0 Å². The second kappa shape index (κ2) is 11.8. The minimum atomic E-state index is -4.02. The van der Waals surface area contributed by atoms with Crippen LogP contribution < -0.4 is 4.74 Å². The average Bonchev–Trinajstić information content (AvgIpc) is 3.09. The van der Waals surface area contributed by atoms with E-state index >= 15 is 0 Å². The van der Waals surface area contributed by atoms with Gasteiger partial charge in [0.1, 0.15) is 0 Å². The summed E-state index contributed by atoms with van der Waals surface area (Å²) in [5.41, 5.74) is 2.46. The lowest BCUT2D eigenvalue weighted by Gasteiger charge is -2.12. The molecule has 0 fully saturated rings. The fourth-order valence-electron chi connectivity index (χ4n) is 3.42. The first-order valence-electron chi connectivity index (χ1n) is 10.5. The minimum Gasteiger partial charge on any atom is -0.494 e. The summed E-state index contributed by atoms with van der Waals surface area (Å²) in [7, 11) is 3.09. The predicted octanol–water partition coefficient (Wildman–Crippen LogP) is 4.02. The summed E-state index contributed by atoms with van der Waals surface area (Å²) in [5, 5.41) is 0.943. The number of methoxy groups -OCH3 is 2. The maximum Gasteiger partial charge on any atom is 0.358 e. The van der Waals surface area contributed by atoms with Crippen LogP contribution in [0.4, 0.5) is 0 Å². The van der Waals surface area contributed by atoms with E-state index in [9.17, 15) is 13.2 Å². The Bertz CT molecular complexity index is 1170. The number of benzene rings is 2. The quantitative estimate of drug-likeness (QED) is 0.298. The topological polar surface area (TPSA) is 98.1 Å². The number of aromatic nitrogens is 1. The van der Waals surface area contributed by atoms with Gasteiger partial charge in [-0.3, -0.25) is 4.55 Å². The molecule has 180 valence electrons. The van der Waals surface area contributed by atoms with Crippen LogP contribution >= 0.6 is 0 Å². The third-order valence-corrected chi connectivity index (χ3v) is 5.93. The van der Waals surface area contributed by atoms with Crippen molar-refractivity contribution >= 4 is 27.0 Å². The maximum absolute atomic E-state index is 12.2. The van der Waals surface area contributed by atoms with Crippen molar-refractivity contribution in [3.05, 3.63) is 59.8 Å². The van der Waals surface area contributed by atoms with Crippen molar-refractivity contribution in [1.82, 2.24) is 9.47 Å². The molecule has 0 saturated heterocycles. The number of nitrogens with zero attached hydrogens (tertiary/aromatic N) is 2. The standard InChI is InChI=1S/C17H24N2O3.C7H8O3S/c1-18(2)11-7-8-12-19-14-10-6-5-9-13(14)16(21-3)15(19)17(20)22-4;1-6-2-4-7(5-3-6)11(8,9)10/h5-6,9-10H,7-8,11-12H2,1-4H3;2-5H,1H3,(H,8,9,10). The highest BCUT2D eigenvalue weighted by molar-refractivity contribution is 7.85. The Morgan fingerprint density at radius 3 is 2.21 bits per heavy atom. The van der Waals surface area contributed by atoms with Crippen LogP contribution in [-0.4, -0.2) is 63.3 Å². The number of ether oxygens (including phenoxy) is 2. The van der Waals surface area contributed by atoms with E-state index in [1.165, 1.54) is 19.2 Å². The molecule has 0 bridgehead atoms. The smallest absolute Gasteiger partial charge is 0.358 e. The summed E-state index contributed by atoms with van der Waals surface area (Å²) < 4.78 is 42.0. The van der Waals surface area contributed by atoms with E-state index in [2.05, 4.69) is 19.0 Å². The molecule has 0 aliphatic carbocycles. The fourth-order valence-corrected chi connectivity index (χ4v) is 3.90. The Hall–Kier alpha value is -2.88. The molecule has 1 N–H and O–H groups in total. The molecule has 8 nitrogen and oxygen atoms in total. The first-order chi connectivity index (χ1) is 15.6. The molecule has 0 spiro atoms. The van der Waals surface area contributed by atoms with Crippen molar-refractivity contribution in [2.24, 2.45) is 0 Å². The van der Waals surface area contributed by atoms with Gasteiger partial charge < -0.3 is 18.9 Å². The summed E-state index contributed by atoms with van der Waals surface area (Å²) in [6.07, 6.45) is 2.06. The molecule has 33 heavy (non-hydrogen) atoms. The number of hydrogen-bond acceptors (Lipinski definition) is 6. The van der Waals surface area contributed by atoms with Gasteiger partial charge in [-0.15, -0.1) is 0 Å². The molecule has 0 saturated carbocycles. The van der Waals surface area contributed by atoms with Gasteiger partial charge >= 0.3 is 5.97 Å². The number of carbonyl (C=O) groups is 1. The maximum atomic E-state index is 12.2. The first kappa shape index (κ1) is 26.4. The van der Waals surface area contributed by atoms with Gasteiger partial charge in [0.25, 0.3) is 10.1 Å². The van der Waals surface area contributed by atoms with Gasteiger partial charge in [0.05, 0.1) is 24.6 Å². The van der Waals surface area contributed by atoms with Gasteiger partial charge in [0.2, 0.25) is 0 Å². The van der Waals surface area contributed by atoms with Crippen LogP contribution in [0.15, 0.2) is 53.4 Å². The van der Waals surface area contributed by atoms with E-state index in [1.54, 1.807) is 19.2 Å². The number of para-hydroxylation sites is 1. The van der Waals surface area contributed by atoms with Gasteiger partial charge in [0, 0.05) is 11.9 Å². The lowest BCUT2D eigenvalue weighted by Crippen LogP contribution is -2.15. The SMILES string of the molecule is COC(=O)c1c(OC)c2ccccc2n1CCCCN(C)C.Cc1ccc(S(=O)(=O)O)cc1. The Morgan fingerprint density at radius 1 is 1.03 bits per heavy atom. The lowest BCUT2D eigenvalue weighted by molar-refractivity contribution is 0.0585. The molecule has 0 aliphatic heterocycles. The molecule has 0 amide bonds. The molecule has 3 rings (SSSR count). The molecule has 1 heterocycles. The normalized spacial score (nSPS) is 11.2. The Morgan fingerprint density at radius 2 is 1.67 bits per heavy atom. The van der Waals surface area contributed by atoms with Crippen LogP contribution in [0.5, 0.6) is 5.75 Å². The molecular formula is C24H32N2O6S. The van der Waals surface area contributed by atoms with E-state index in [0.29, 0.717) is 11.4 Å². The Balaban J connectivity index is 0.000000294. The number of esters is 1. The van der Waals surface area contributed by atoms with E-state index in [0.717, 1.165) is 42.4 Å². The van der Waals surface area contributed by atoms with Gasteiger partial charge in [0.15, 0.2) is 11.4 Å². The predicted molar refractivity (Wildman–Crippen MR) is 129 cm³/mol. The highest BCUT2D eigenvalue weighted by Crippen LogP contribution is 2.33. The number of rotatable bonds is 8. The lowest BCUT2D eigenvalue weighted by atomic mass is 10.2. The number of fused-ring (bicyclic) bond motifs is 1. The average molecular weight is 477 g/mol. The number of carbonyl (C=O) groups excluding carboxylic acids is 1. The highest BCUT2D eigenvalue weighted by Gasteiger charge is 2.23. The monoisotopic (exact) mass is 476 g/mol. The number of hydrogen-bond donors (Lipinski definition) is 1. The van der Waals surface area contributed by atoms with Crippen LogP contribution in [0.2, 0.25) is 0 Å². The minimum absolute atomic E-state index is 0.0666. The largest absolute Gasteiger partial charge is 0.494 e. The van der Waals surface area contributed by atoms with Crippen molar-refractivity contribution in [2.45, 2.75) is 31.2 Å². The Kier molecular flexibility index (Phi) is 9.45. The number of unbranched alkanes of at least 4 members (excludes halogenated alkanes) is 1. The van der Waals surface area contributed by atoms with E-state index in [1.807, 2.05) is 35.8 Å². The highest BCUT2D eigenvalue weighted by atomic mass is 32.2. The van der Waals surface area contributed by atoms with E-state index < -0.39 is 10.1 Å². The van der Waals surface area contributed by atoms with Crippen molar-refractivity contribution < 1.29 is 27.2 Å². The van der Waals surface area contributed by atoms with Crippen molar-refractivity contribution in [3.63, 3.8) is 0 Å². The van der Waals surface area contributed by atoms with Gasteiger partial charge in [-0.05, 0) is 64.7 Å².